The normalized spacial score (nSPS) is 11.6. The van der Waals surface area contributed by atoms with Crippen LogP contribution in [-0.2, 0) is 4.79 Å². The molecule has 1 atom stereocenters. The summed E-state index contributed by atoms with van der Waals surface area (Å²) < 4.78 is 5.97. The topological polar surface area (TPSA) is 38.3 Å². The Morgan fingerprint density at radius 1 is 0.963 bits per heavy atom. The van der Waals surface area contributed by atoms with Crippen molar-refractivity contribution in [1.82, 2.24) is 0 Å². The molecule has 3 nitrogen and oxygen atoms in total. The summed E-state index contributed by atoms with van der Waals surface area (Å²) in [4.78, 5) is 14.9. The van der Waals surface area contributed by atoms with Crippen molar-refractivity contribution in [3.8, 4) is 5.75 Å². The predicted octanol–water partition coefficient (Wildman–Crippen LogP) is 5.94. The average Bonchev–Trinajstić information content (AvgIpc) is 2.69. The molecule has 0 aromatic heterocycles. The Morgan fingerprint density at radius 3 is 2.37 bits per heavy atom. The minimum atomic E-state index is -0.541. The fraction of sp³-hybridized carbons (Fsp3) is 0.174. The van der Waals surface area contributed by atoms with Gasteiger partial charge in [0.1, 0.15) is 5.75 Å². The molecule has 27 heavy (non-hydrogen) atoms. The Balaban J connectivity index is 1.74. The maximum Gasteiger partial charge on any atom is 0.265 e. The molecule has 0 heterocycles. The first-order valence-electron chi connectivity index (χ1n) is 9.02. The van der Waals surface area contributed by atoms with Crippen molar-refractivity contribution in [3.63, 3.8) is 0 Å². The monoisotopic (exact) mass is 377 g/mol. The predicted molar refractivity (Wildman–Crippen MR) is 112 cm³/mol. The highest BCUT2D eigenvalue weighted by molar-refractivity contribution is 7.99. The Morgan fingerprint density at radius 2 is 1.63 bits per heavy atom. The van der Waals surface area contributed by atoms with Crippen LogP contribution in [0.1, 0.15) is 18.9 Å². The van der Waals surface area contributed by atoms with Crippen molar-refractivity contribution in [1.29, 1.82) is 0 Å². The number of anilines is 1. The second-order valence-electron chi connectivity index (χ2n) is 6.18. The van der Waals surface area contributed by atoms with Crippen LogP contribution in [0.4, 0.5) is 5.69 Å². The van der Waals surface area contributed by atoms with Crippen LogP contribution in [0.3, 0.4) is 0 Å². The summed E-state index contributed by atoms with van der Waals surface area (Å²) >= 11 is 1.63. The fourth-order valence-electron chi connectivity index (χ4n) is 2.65. The van der Waals surface area contributed by atoms with Crippen LogP contribution < -0.4 is 10.1 Å². The van der Waals surface area contributed by atoms with E-state index in [1.807, 2.05) is 80.6 Å². The van der Waals surface area contributed by atoms with Crippen molar-refractivity contribution in [2.24, 2.45) is 0 Å². The zero-order valence-electron chi connectivity index (χ0n) is 15.5. The van der Waals surface area contributed by atoms with Crippen molar-refractivity contribution < 1.29 is 9.53 Å². The van der Waals surface area contributed by atoms with E-state index in [1.54, 1.807) is 11.8 Å². The Hall–Kier alpha value is -2.72. The number of hydrogen-bond acceptors (Lipinski definition) is 3. The van der Waals surface area contributed by atoms with Crippen LogP contribution in [0.25, 0.3) is 0 Å². The largest absolute Gasteiger partial charge is 0.480 e. The lowest BCUT2D eigenvalue weighted by Gasteiger charge is -2.19. The van der Waals surface area contributed by atoms with Gasteiger partial charge in [-0.05, 0) is 49.2 Å². The van der Waals surface area contributed by atoms with Crippen LogP contribution >= 0.6 is 11.8 Å². The first kappa shape index (κ1) is 19.1. The van der Waals surface area contributed by atoms with Crippen molar-refractivity contribution in [2.75, 3.05) is 5.32 Å². The van der Waals surface area contributed by atoms with Gasteiger partial charge >= 0.3 is 0 Å². The van der Waals surface area contributed by atoms with Crippen LogP contribution in [0.5, 0.6) is 5.75 Å². The summed E-state index contributed by atoms with van der Waals surface area (Å²) in [5.41, 5.74) is 1.81. The molecule has 0 aliphatic carbocycles. The molecule has 1 amide bonds. The molecule has 3 aromatic carbocycles. The van der Waals surface area contributed by atoms with E-state index >= 15 is 0 Å². The molecule has 0 saturated carbocycles. The van der Waals surface area contributed by atoms with Gasteiger partial charge < -0.3 is 10.1 Å². The summed E-state index contributed by atoms with van der Waals surface area (Å²) in [5, 5.41) is 3.04. The lowest BCUT2D eigenvalue weighted by atomic mass is 10.2. The minimum Gasteiger partial charge on any atom is -0.480 e. The summed E-state index contributed by atoms with van der Waals surface area (Å²) in [6.07, 6.45) is 0.0506. The van der Waals surface area contributed by atoms with Gasteiger partial charge in [0.15, 0.2) is 6.10 Å². The lowest BCUT2D eigenvalue weighted by molar-refractivity contribution is -0.122. The molecule has 0 aliphatic heterocycles. The third-order valence-corrected chi connectivity index (χ3v) is 5.23. The molecule has 3 aromatic rings. The van der Waals surface area contributed by atoms with Gasteiger partial charge in [0.05, 0.1) is 5.69 Å². The quantitative estimate of drug-likeness (QED) is 0.553. The van der Waals surface area contributed by atoms with Crippen LogP contribution in [-0.4, -0.2) is 12.0 Å². The third kappa shape index (κ3) is 5.14. The van der Waals surface area contributed by atoms with Crippen LogP contribution in [0.2, 0.25) is 0 Å². The summed E-state index contributed by atoms with van der Waals surface area (Å²) in [6.45, 7) is 3.93. The lowest BCUT2D eigenvalue weighted by Crippen LogP contribution is -2.32. The highest BCUT2D eigenvalue weighted by Crippen LogP contribution is 2.33. The van der Waals surface area contributed by atoms with E-state index in [0.717, 1.165) is 26.8 Å². The van der Waals surface area contributed by atoms with Crippen LogP contribution in [0.15, 0.2) is 88.7 Å². The summed E-state index contributed by atoms with van der Waals surface area (Å²) in [5.74, 6) is 0.605. The molecule has 3 rings (SSSR count). The number of amides is 1. The Labute approximate surface area is 164 Å². The molecule has 0 saturated heterocycles. The van der Waals surface area contributed by atoms with Gasteiger partial charge in [-0.1, -0.05) is 67.2 Å². The first-order chi connectivity index (χ1) is 13.2. The van der Waals surface area contributed by atoms with E-state index in [-0.39, 0.29) is 5.91 Å². The van der Waals surface area contributed by atoms with E-state index in [0.29, 0.717) is 6.42 Å². The molecule has 138 valence electrons. The molecule has 0 spiro atoms. The summed E-state index contributed by atoms with van der Waals surface area (Å²) in [6, 6.07) is 25.7. The molecule has 0 aliphatic rings. The van der Waals surface area contributed by atoms with Gasteiger partial charge in [-0.15, -0.1) is 0 Å². The fourth-order valence-corrected chi connectivity index (χ4v) is 3.57. The van der Waals surface area contributed by atoms with E-state index in [9.17, 15) is 4.79 Å². The number of ether oxygens (including phenoxy) is 1. The van der Waals surface area contributed by atoms with Gasteiger partial charge in [0, 0.05) is 9.79 Å². The first-order valence-corrected chi connectivity index (χ1v) is 9.84. The minimum absolute atomic E-state index is 0.137. The van der Waals surface area contributed by atoms with Crippen LogP contribution in [0, 0.1) is 6.92 Å². The van der Waals surface area contributed by atoms with E-state index in [2.05, 4.69) is 17.4 Å². The molecule has 0 unspecified atom stereocenters. The number of benzene rings is 3. The molecular weight excluding hydrogens is 354 g/mol. The standard InChI is InChI=1S/C23H23NO2S/c1-3-20(26-21-15-9-7-11-17(21)2)23(25)24-19-14-8-10-16-22(19)27-18-12-5-4-6-13-18/h4-16,20H,3H2,1-2H3,(H,24,25)/t20-/m1/s1. The second-order valence-corrected chi connectivity index (χ2v) is 7.30. The number of carbonyl (C=O) groups is 1. The maximum atomic E-state index is 12.8. The molecule has 0 fully saturated rings. The Bertz CT molecular complexity index is 896. The van der Waals surface area contributed by atoms with Crippen molar-refractivity contribution in [3.05, 3.63) is 84.4 Å². The number of para-hydroxylation sites is 2. The SMILES string of the molecule is CC[C@@H](Oc1ccccc1C)C(=O)Nc1ccccc1Sc1ccccc1. The number of aryl methyl sites for hydroxylation is 1. The number of hydrogen-bond donors (Lipinski definition) is 1. The zero-order valence-corrected chi connectivity index (χ0v) is 16.3. The molecular formula is C23H23NO2S. The number of carbonyl (C=O) groups excluding carboxylic acids is 1. The van der Waals surface area contributed by atoms with Crippen molar-refractivity contribution in [2.45, 2.75) is 36.2 Å². The second kappa shape index (κ2) is 9.28. The molecule has 0 bridgehead atoms. The smallest absolute Gasteiger partial charge is 0.265 e. The van der Waals surface area contributed by atoms with Gasteiger partial charge in [0.2, 0.25) is 0 Å². The third-order valence-electron chi connectivity index (χ3n) is 4.14. The summed E-state index contributed by atoms with van der Waals surface area (Å²) in [7, 11) is 0. The van der Waals surface area contributed by atoms with Gasteiger partial charge in [-0.3, -0.25) is 4.79 Å². The number of rotatable bonds is 7. The van der Waals surface area contributed by atoms with Gasteiger partial charge in [0.25, 0.3) is 5.91 Å². The van der Waals surface area contributed by atoms with E-state index < -0.39 is 6.10 Å². The average molecular weight is 378 g/mol. The molecule has 4 heteroatoms. The van der Waals surface area contributed by atoms with Gasteiger partial charge in [-0.2, -0.15) is 0 Å². The van der Waals surface area contributed by atoms with Crippen molar-refractivity contribution >= 4 is 23.4 Å². The molecule has 0 radical (unpaired) electrons. The Kier molecular flexibility index (Phi) is 6.55. The highest BCUT2D eigenvalue weighted by Gasteiger charge is 2.20. The van der Waals surface area contributed by atoms with E-state index in [4.69, 9.17) is 4.74 Å². The maximum absolute atomic E-state index is 12.8. The van der Waals surface area contributed by atoms with Gasteiger partial charge in [-0.25, -0.2) is 0 Å². The molecule has 1 N–H and O–H groups in total. The zero-order chi connectivity index (χ0) is 19.1. The highest BCUT2D eigenvalue weighted by atomic mass is 32.2. The van der Waals surface area contributed by atoms with E-state index in [1.165, 1.54) is 0 Å². The number of nitrogens with one attached hydrogen (secondary N) is 1.